The van der Waals surface area contributed by atoms with Gasteiger partial charge < -0.3 is 15.5 Å². The highest BCUT2D eigenvalue weighted by Crippen LogP contribution is 2.29. The van der Waals surface area contributed by atoms with Crippen LogP contribution in [-0.2, 0) is 6.54 Å². The molecule has 0 unspecified atom stereocenters. The fraction of sp³-hybridized carbons (Fsp3) is 0.556. The lowest BCUT2D eigenvalue weighted by molar-refractivity contribution is 0.197. The highest BCUT2D eigenvalue weighted by Gasteiger charge is 2.31. The Morgan fingerprint density at radius 3 is 2.67 bits per heavy atom. The lowest BCUT2D eigenvalue weighted by Gasteiger charge is -2.33. The van der Waals surface area contributed by atoms with Gasteiger partial charge in [-0.1, -0.05) is 12.1 Å². The molecule has 3 rings (SSSR count). The van der Waals surface area contributed by atoms with Gasteiger partial charge in [0.1, 0.15) is 0 Å². The van der Waals surface area contributed by atoms with Gasteiger partial charge in [0, 0.05) is 38.8 Å². The highest BCUT2D eigenvalue weighted by atomic mass is 127. The van der Waals surface area contributed by atoms with Crippen molar-refractivity contribution in [3.8, 4) is 6.07 Å². The van der Waals surface area contributed by atoms with Crippen LogP contribution >= 0.6 is 24.0 Å². The van der Waals surface area contributed by atoms with Crippen LogP contribution in [0.2, 0.25) is 0 Å². The molecule has 0 bridgehead atoms. The second-order valence-electron chi connectivity index (χ2n) is 6.42. The van der Waals surface area contributed by atoms with Gasteiger partial charge in [0.2, 0.25) is 0 Å². The third-order valence-electron chi connectivity index (χ3n) is 4.67. The van der Waals surface area contributed by atoms with Crippen molar-refractivity contribution in [1.82, 2.24) is 15.5 Å². The summed E-state index contributed by atoms with van der Waals surface area (Å²) in [5.74, 6) is 0.845. The van der Waals surface area contributed by atoms with Crippen molar-refractivity contribution in [2.75, 3.05) is 20.1 Å². The Kier molecular flexibility index (Phi) is 7.31. The van der Waals surface area contributed by atoms with Crippen LogP contribution in [0.5, 0.6) is 0 Å². The van der Waals surface area contributed by atoms with E-state index in [1.54, 1.807) is 7.05 Å². The fourth-order valence-electron chi connectivity index (χ4n) is 3.17. The summed E-state index contributed by atoms with van der Waals surface area (Å²) in [7, 11) is 1.81. The molecule has 0 atom stereocenters. The molecule has 2 fully saturated rings. The Bertz CT molecular complexity index is 598. The molecular formula is C18H26IN5. The normalized spacial score (nSPS) is 19.2. The van der Waals surface area contributed by atoms with Gasteiger partial charge in [0.25, 0.3) is 0 Å². The van der Waals surface area contributed by atoms with E-state index in [-0.39, 0.29) is 24.0 Å². The first-order valence-corrected chi connectivity index (χ1v) is 8.49. The fourth-order valence-corrected chi connectivity index (χ4v) is 3.17. The molecule has 1 aliphatic carbocycles. The molecule has 2 N–H and O–H groups in total. The van der Waals surface area contributed by atoms with E-state index in [0.717, 1.165) is 17.6 Å². The number of aliphatic imine (C=N–C) groups is 1. The van der Waals surface area contributed by atoms with Crippen molar-refractivity contribution in [3.05, 3.63) is 35.4 Å². The van der Waals surface area contributed by atoms with E-state index in [9.17, 15) is 0 Å². The maximum atomic E-state index is 8.96. The molecule has 24 heavy (non-hydrogen) atoms. The van der Waals surface area contributed by atoms with Crippen molar-refractivity contribution in [2.24, 2.45) is 4.99 Å². The Morgan fingerprint density at radius 1 is 1.29 bits per heavy atom. The Balaban J connectivity index is 0.00000208. The zero-order valence-electron chi connectivity index (χ0n) is 14.2. The van der Waals surface area contributed by atoms with Crippen LogP contribution in [0, 0.1) is 11.3 Å². The van der Waals surface area contributed by atoms with E-state index in [1.165, 1.54) is 38.8 Å². The predicted octanol–water partition coefficient (Wildman–Crippen LogP) is 2.47. The molecule has 1 aliphatic heterocycles. The van der Waals surface area contributed by atoms with Gasteiger partial charge in [-0.25, -0.2) is 0 Å². The van der Waals surface area contributed by atoms with E-state index in [4.69, 9.17) is 5.26 Å². The number of nitriles is 1. The number of guanidine groups is 1. The number of hydrogen-bond donors (Lipinski definition) is 2. The van der Waals surface area contributed by atoms with Gasteiger partial charge in [-0.3, -0.25) is 4.99 Å². The zero-order chi connectivity index (χ0) is 16.1. The molecule has 5 nitrogen and oxygen atoms in total. The van der Waals surface area contributed by atoms with Crippen LogP contribution in [0.1, 0.15) is 36.8 Å². The maximum absolute atomic E-state index is 8.96. The van der Waals surface area contributed by atoms with Crippen LogP contribution in [0.4, 0.5) is 0 Å². The Morgan fingerprint density at radius 2 is 2.04 bits per heavy atom. The van der Waals surface area contributed by atoms with Gasteiger partial charge in [0.05, 0.1) is 11.6 Å². The summed E-state index contributed by atoms with van der Waals surface area (Å²) in [6.45, 7) is 3.07. The third kappa shape index (κ3) is 5.35. The molecular weight excluding hydrogens is 413 g/mol. The Labute approximate surface area is 161 Å². The third-order valence-corrected chi connectivity index (χ3v) is 4.67. The molecule has 0 amide bonds. The Hall–Kier alpha value is -1.33. The molecule has 1 heterocycles. The van der Waals surface area contributed by atoms with Crippen molar-refractivity contribution < 1.29 is 0 Å². The summed E-state index contributed by atoms with van der Waals surface area (Å²) in [5, 5.41) is 15.8. The molecule has 1 aromatic carbocycles. The lowest BCUT2D eigenvalue weighted by Crippen LogP contribution is -2.48. The predicted molar refractivity (Wildman–Crippen MR) is 108 cm³/mol. The average Bonchev–Trinajstić information content (AvgIpc) is 3.44. The van der Waals surface area contributed by atoms with Crippen molar-refractivity contribution >= 4 is 29.9 Å². The molecule has 0 spiro atoms. The maximum Gasteiger partial charge on any atom is 0.191 e. The van der Waals surface area contributed by atoms with Crippen molar-refractivity contribution in [3.63, 3.8) is 0 Å². The summed E-state index contributed by atoms with van der Waals surface area (Å²) in [5.41, 5.74) is 1.79. The number of likely N-dealkylation sites (tertiary alicyclic amines) is 1. The van der Waals surface area contributed by atoms with E-state index < -0.39 is 0 Å². The minimum Gasteiger partial charge on any atom is -0.354 e. The number of nitrogens with one attached hydrogen (secondary N) is 2. The summed E-state index contributed by atoms with van der Waals surface area (Å²) in [6.07, 6.45) is 5.15. The van der Waals surface area contributed by atoms with Gasteiger partial charge in [-0.05, 0) is 43.4 Å². The number of rotatable bonds is 4. The van der Waals surface area contributed by atoms with E-state index >= 15 is 0 Å². The first kappa shape index (κ1) is 19.0. The van der Waals surface area contributed by atoms with Crippen molar-refractivity contribution in [2.45, 2.75) is 44.3 Å². The smallest absolute Gasteiger partial charge is 0.191 e. The monoisotopic (exact) mass is 439 g/mol. The summed E-state index contributed by atoms with van der Waals surface area (Å²) >= 11 is 0. The molecule has 1 saturated heterocycles. The minimum absolute atomic E-state index is 0. The van der Waals surface area contributed by atoms with Gasteiger partial charge in [-0.2, -0.15) is 5.26 Å². The van der Waals surface area contributed by atoms with Crippen LogP contribution in [0.15, 0.2) is 29.3 Å². The second kappa shape index (κ2) is 9.23. The number of piperidine rings is 1. The number of benzene rings is 1. The van der Waals surface area contributed by atoms with Crippen LogP contribution in [-0.4, -0.2) is 43.1 Å². The first-order valence-electron chi connectivity index (χ1n) is 8.49. The molecule has 2 aliphatic rings. The summed E-state index contributed by atoms with van der Waals surface area (Å²) in [6, 6.07) is 11.2. The molecule has 6 heteroatoms. The highest BCUT2D eigenvalue weighted by molar-refractivity contribution is 14.0. The average molecular weight is 439 g/mol. The SMILES string of the molecule is CN=C(NCc1cccc(C#N)c1)NC1CCN(C2CC2)CC1.I. The van der Waals surface area contributed by atoms with Gasteiger partial charge in [-0.15, -0.1) is 24.0 Å². The van der Waals surface area contributed by atoms with E-state index in [1.807, 2.05) is 24.3 Å². The number of hydrogen-bond acceptors (Lipinski definition) is 3. The second-order valence-corrected chi connectivity index (χ2v) is 6.42. The largest absolute Gasteiger partial charge is 0.354 e. The lowest BCUT2D eigenvalue weighted by atomic mass is 10.1. The van der Waals surface area contributed by atoms with E-state index in [2.05, 4.69) is 26.6 Å². The number of nitrogens with zero attached hydrogens (tertiary/aromatic N) is 3. The van der Waals surface area contributed by atoms with Crippen LogP contribution < -0.4 is 10.6 Å². The molecule has 1 aromatic rings. The standard InChI is InChI=1S/C18H25N5.HI/c1-20-18(21-13-15-4-2-3-14(11-15)12-19)22-16-7-9-23(10-8-16)17-5-6-17;/h2-4,11,16-17H,5-10,13H2,1H3,(H2,20,21,22);1H. The van der Waals surface area contributed by atoms with Gasteiger partial charge >= 0.3 is 0 Å². The van der Waals surface area contributed by atoms with Crippen LogP contribution in [0.3, 0.4) is 0 Å². The first-order chi connectivity index (χ1) is 11.3. The molecule has 1 saturated carbocycles. The van der Waals surface area contributed by atoms with E-state index in [0.29, 0.717) is 18.2 Å². The van der Waals surface area contributed by atoms with Crippen molar-refractivity contribution in [1.29, 1.82) is 5.26 Å². The molecule has 0 aromatic heterocycles. The quantitative estimate of drug-likeness (QED) is 0.430. The molecule has 0 radical (unpaired) electrons. The van der Waals surface area contributed by atoms with Crippen LogP contribution in [0.25, 0.3) is 0 Å². The zero-order valence-corrected chi connectivity index (χ0v) is 16.5. The topological polar surface area (TPSA) is 63.5 Å². The molecule has 130 valence electrons. The summed E-state index contributed by atoms with van der Waals surface area (Å²) < 4.78 is 0. The summed E-state index contributed by atoms with van der Waals surface area (Å²) in [4.78, 5) is 6.95. The van der Waals surface area contributed by atoms with Gasteiger partial charge in [0.15, 0.2) is 5.96 Å². The minimum atomic E-state index is 0. The number of halogens is 1.